The molecule has 116 valence electrons. The number of nitro benzene ring substituents is 1. The molecule has 0 N–H and O–H groups in total. The lowest BCUT2D eigenvalue weighted by molar-refractivity contribution is -0.384. The minimum Gasteiger partial charge on any atom is -0.274 e. The summed E-state index contributed by atoms with van der Waals surface area (Å²) in [5.74, 6) is 0.489. The van der Waals surface area contributed by atoms with Crippen LogP contribution in [-0.4, -0.2) is 16.7 Å². The molecule has 4 aliphatic carbocycles. The Morgan fingerprint density at radius 3 is 2.22 bits per heavy atom. The molecular formula is C17H14N2O4. The third kappa shape index (κ3) is 1.53. The van der Waals surface area contributed by atoms with Gasteiger partial charge in [0, 0.05) is 12.1 Å². The largest absolute Gasteiger partial charge is 0.274 e. The van der Waals surface area contributed by atoms with Gasteiger partial charge in [-0.2, -0.15) is 0 Å². The van der Waals surface area contributed by atoms with Crippen molar-refractivity contribution in [3.05, 3.63) is 46.5 Å². The first-order valence-electron chi connectivity index (χ1n) is 7.88. The van der Waals surface area contributed by atoms with Crippen molar-refractivity contribution in [1.29, 1.82) is 0 Å². The van der Waals surface area contributed by atoms with Gasteiger partial charge in [-0.1, -0.05) is 18.2 Å². The Morgan fingerprint density at radius 2 is 1.65 bits per heavy atom. The Bertz CT molecular complexity index is 766. The predicted octanol–water partition coefficient (Wildman–Crippen LogP) is 2.15. The molecule has 6 rings (SSSR count). The number of allylic oxidation sites excluding steroid dienone is 2. The van der Waals surface area contributed by atoms with Crippen LogP contribution in [0.2, 0.25) is 0 Å². The molecule has 1 aromatic rings. The van der Waals surface area contributed by atoms with E-state index < -0.39 is 4.92 Å². The highest BCUT2D eigenvalue weighted by molar-refractivity contribution is 6.22. The lowest BCUT2D eigenvalue weighted by atomic mass is 9.63. The van der Waals surface area contributed by atoms with Crippen LogP contribution in [0.1, 0.15) is 6.42 Å². The Balaban J connectivity index is 1.57. The van der Waals surface area contributed by atoms with E-state index in [1.807, 2.05) is 0 Å². The van der Waals surface area contributed by atoms with Gasteiger partial charge in [-0.3, -0.25) is 19.7 Å². The Morgan fingerprint density at radius 1 is 1.04 bits per heavy atom. The minimum absolute atomic E-state index is 0.109. The van der Waals surface area contributed by atoms with E-state index in [9.17, 15) is 19.7 Å². The average molecular weight is 310 g/mol. The fourth-order valence-electron chi connectivity index (χ4n) is 4.96. The molecular weight excluding hydrogens is 296 g/mol. The second kappa shape index (κ2) is 4.07. The first-order valence-corrected chi connectivity index (χ1v) is 7.88. The molecule has 1 aliphatic heterocycles. The molecule has 23 heavy (non-hydrogen) atoms. The summed E-state index contributed by atoms with van der Waals surface area (Å²) in [7, 11) is 0. The van der Waals surface area contributed by atoms with Crippen LogP contribution in [0.4, 0.5) is 11.4 Å². The van der Waals surface area contributed by atoms with Crippen LogP contribution in [0, 0.1) is 45.6 Å². The zero-order valence-corrected chi connectivity index (χ0v) is 12.2. The summed E-state index contributed by atoms with van der Waals surface area (Å²) in [4.78, 5) is 37.4. The molecule has 2 saturated carbocycles. The number of carbonyl (C=O) groups is 2. The van der Waals surface area contributed by atoms with Crippen molar-refractivity contribution in [3.63, 3.8) is 0 Å². The fourth-order valence-corrected chi connectivity index (χ4v) is 4.96. The van der Waals surface area contributed by atoms with Gasteiger partial charge in [-0.05, 0) is 36.2 Å². The number of non-ortho nitro benzene ring substituents is 1. The highest BCUT2D eigenvalue weighted by Gasteiger charge is 2.67. The van der Waals surface area contributed by atoms with Crippen molar-refractivity contribution in [2.75, 3.05) is 4.90 Å². The van der Waals surface area contributed by atoms with Crippen LogP contribution < -0.4 is 4.90 Å². The van der Waals surface area contributed by atoms with Crippen molar-refractivity contribution in [1.82, 2.24) is 0 Å². The number of benzene rings is 1. The third-order valence-corrected chi connectivity index (χ3v) is 5.96. The molecule has 0 unspecified atom stereocenters. The summed E-state index contributed by atoms with van der Waals surface area (Å²) >= 11 is 0. The highest BCUT2D eigenvalue weighted by Crippen LogP contribution is 2.65. The zero-order chi connectivity index (χ0) is 15.9. The second-order valence-corrected chi connectivity index (χ2v) is 6.94. The van der Waals surface area contributed by atoms with Crippen molar-refractivity contribution in [3.8, 4) is 0 Å². The van der Waals surface area contributed by atoms with Gasteiger partial charge >= 0.3 is 0 Å². The summed E-state index contributed by atoms with van der Waals surface area (Å²) in [5.41, 5.74) is 0.207. The van der Waals surface area contributed by atoms with Crippen molar-refractivity contribution >= 4 is 23.2 Å². The van der Waals surface area contributed by atoms with Crippen LogP contribution in [0.3, 0.4) is 0 Å². The van der Waals surface area contributed by atoms with Gasteiger partial charge in [0.15, 0.2) is 0 Å². The smallest absolute Gasteiger partial charge is 0.271 e. The molecule has 5 aliphatic rings. The molecule has 0 radical (unpaired) electrons. The van der Waals surface area contributed by atoms with Crippen molar-refractivity contribution in [2.45, 2.75) is 6.42 Å². The normalized spacial score (nSPS) is 39.4. The summed E-state index contributed by atoms with van der Waals surface area (Å²) < 4.78 is 0. The summed E-state index contributed by atoms with van der Waals surface area (Å²) in [6.07, 6.45) is 5.34. The monoisotopic (exact) mass is 310 g/mol. The number of hydrogen-bond acceptors (Lipinski definition) is 4. The Hall–Kier alpha value is -2.50. The van der Waals surface area contributed by atoms with Crippen LogP contribution in [-0.2, 0) is 9.59 Å². The maximum atomic E-state index is 12.9. The van der Waals surface area contributed by atoms with E-state index in [2.05, 4.69) is 12.2 Å². The van der Waals surface area contributed by atoms with Crippen molar-refractivity contribution < 1.29 is 14.5 Å². The molecule has 6 atom stereocenters. The van der Waals surface area contributed by atoms with Crippen LogP contribution in [0.15, 0.2) is 36.4 Å². The maximum absolute atomic E-state index is 12.9. The topological polar surface area (TPSA) is 80.5 Å². The van der Waals surface area contributed by atoms with E-state index >= 15 is 0 Å². The van der Waals surface area contributed by atoms with E-state index in [4.69, 9.17) is 0 Å². The number of hydrogen-bond donors (Lipinski definition) is 0. The molecule has 1 aromatic carbocycles. The van der Waals surface area contributed by atoms with Crippen molar-refractivity contribution in [2.24, 2.45) is 35.5 Å². The standard InChI is InChI=1S/C17H14N2O4/c20-16-14-10-4-5-11(13-7-12(10)13)15(14)17(21)18(16)8-2-1-3-9(6-8)19(22)23/h1-6,10-15H,7H2/t10-,11-,12-,13+,14+,15+/m1/s1. The van der Waals surface area contributed by atoms with Gasteiger partial charge in [0.25, 0.3) is 5.69 Å². The molecule has 6 heteroatoms. The summed E-state index contributed by atoms with van der Waals surface area (Å²) in [6, 6.07) is 5.78. The third-order valence-electron chi connectivity index (χ3n) is 5.96. The zero-order valence-electron chi connectivity index (χ0n) is 12.2. The van der Waals surface area contributed by atoms with Gasteiger partial charge in [0.2, 0.25) is 11.8 Å². The first kappa shape index (κ1) is 13.0. The Labute approximate surface area is 131 Å². The van der Waals surface area contributed by atoms with E-state index in [1.54, 1.807) is 6.07 Å². The number of nitrogens with zero attached hydrogens (tertiary/aromatic N) is 2. The highest BCUT2D eigenvalue weighted by atomic mass is 16.6. The summed E-state index contributed by atoms with van der Waals surface area (Å²) in [6.45, 7) is 0. The van der Waals surface area contributed by atoms with Crippen LogP contribution in [0.25, 0.3) is 0 Å². The number of amides is 2. The number of imide groups is 1. The second-order valence-electron chi connectivity index (χ2n) is 6.94. The molecule has 1 saturated heterocycles. The first-order chi connectivity index (χ1) is 11.1. The van der Waals surface area contributed by atoms with Gasteiger partial charge in [-0.15, -0.1) is 0 Å². The lowest BCUT2D eigenvalue weighted by Gasteiger charge is -2.37. The molecule has 3 fully saturated rings. The molecule has 6 nitrogen and oxygen atoms in total. The van der Waals surface area contributed by atoms with Gasteiger partial charge in [-0.25, -0.2) is 4.90 Å². The van der Waals surface area contributed by atoms with E-state index in [0.717, 1.165) is 6.42 Å². The number of nitro groups is 1. The van der Waals surface area contributed by atoms with Gasteiger partial charge < -0.3 is 0 Å². The van der Waals surface area contributed by atoms with Gasteiger partial charge in [0.1, 0.15) is 0 Å². The van der Waals surface area contributed by atoms with E-state index in [-0.39, 0.29) is 41.2 Å². The maximum Gasteiger partial charge on any atom is 0.271 e. The lowest BCUT2D eigenvalue weighted by Crippen LogP contribution is -2.40. The molecule has 2 amide bonds. The van der Waals surface area contributed by atoms with Crippen LogP contribution >= 0.6 is 0 Å². The van der Waals surface area contributed by atoms with E-state index in [1.165, 1.54) is 23.1 Å². The summed E-state index contributed by atoms with van der Waals surface area (Å²) in [5, 5.41) is 11.0. The van der Waals surface area contributed by atoms with E-state index in [0.29, 0.717) is 17.5 Å². The number of rotatable bonds is 2. The molecule has 0 spiro atoms. The molecule has 2 bridgehead atoms. The van der Waals surface area contributed by atoms with Gasteiger partial charge in [0.05, 0.1) is 22.4 Å². The average Bonchev–Trinajstić information content (AvgIpc) is 3.32. The molecule has 0 aromatic heterocycles. The SMILES string of the molecule is O=C1[C@H]2[C@@H]3C=C[C@H]([C@@H]4C[C@H]34)[C@@H]2C(=O)N1c1cccc([N+](=O)[O-])c1. The number of carbonyl (C=O) groups excluding carboxylic acids is 2. The fraction of sp³-hybridized carbons (Fsp3) is 0.412. The quantitative estimate of drug-likeness (QED) is 0.363. The predicted molar refractivity (Wildman–Crippen MR) is 80.3 cm³/mol. The van der Waals surface area contributed by atoms with Crippen LogP contribution in [0.5, 0.6) is 0 Å². The Kier molecular flexibility index (Phi) is 2.30. The molecule has 1 heterocycles. The number of anilines is 1. The minimum atomic E-state index is -0.512.